The van der Waals surface area contributed by atoms with Crippen LogP contribution in [0.3, 0.4) is 0 Å². The summed E-state index contributed by atoms with van der Waals surface area (Å²) in [6.45, 7) is 0.152. The van der Waals surface area contributed by atoms with Gasteiger partial charge >= 0.3 is 13.1 Å². The van der Waals surface area contributed by atoms with E-state index in [2.05, 4.69) is 10.3 Å². The van der Waals surface area contributed by atoms with Gasteiger partial charge < -0.3 is 24.6 Å². The number of ether oxygens (including phenoxy) is 1. The van der Waals surface area contributed by atoms with Crippen LogP contribution < -0.4 is 9.39 Å². The minimum absolute atomic E-state index is 0.105. The number of carboxylic acid groups (broad SMARTS) is 1. The summed E-state index contributed by atoms with van der Waals surface area (Å²) in [5.74, 6) is -1.15. The fourth-order valence-electron chi connectivity index (χ4n) is 2.86. The SMILES string of the molecule is COc1ccc2c(c1C(=O)O)OB(O)CC2Cn1cc(CO)nn1. The van der Waals surface area contributed by atoms with Gasteiger partial charge in [0.25, 0.3) is 0 Å². The molecule has 0 fully saturated rings. The molecule has 1 aromatic carbocycles. The zero-order chi connectivity index (χ0) is 17.3. The van der Waals surface area contributed by atoms with Crippen LogP contribution in [0.2, 0.25) is 6.32 Å². The van der Waals surface area contributed by atoms with Gasteiger partial charge in [0.05, 0.1) is 19.9 Å². The van der Waals surface area contributed by atoms with Crippen molar-refractivity contribution in [3.63, 3.8) is 0 Å². The van der Waals surface area contributed by atoms with Crippen molar-refractivity contribution in [2.24, 2.45) is 0 Å². The molecule has 0 spiro atoms. The third-order valence-corrected chi connectivity index (χ3v) is 3.92. The van der Waals surface area contributed by atoms with Gasteiger partial charge in [0.2, 0.25) is 0 Å². The number of rotatable bonds is 5. The van der Waals surface area contributed by atoms with Crippen LogP contribution in [0.1, 0.15) is 27.5 Å². The highest BCUT2D eigenvalue weighted by atomic mass is 16.5. The minimum atomic E-state index is -1.19. The Morgan fingerprint density at radius 2 is 2.33 bits per heavy atom. The molecule has 1 aliphatic heterocycles. The molecule has 0 saturated carbocycles. The monoisotopic (exact) mass is 333 g/mol. The van der Waals surface area contributed by atoms with E-state index in [9.17, 15) is 14.9 Å². The quantitative estimate of drug-likeness (QED) is 0.659. The molecule has 0 aliphatic carbocycles. The van der Waals surface area contributed by atoms with Crippen molar-refractivity contribution in [2.45, 2.75) is 25.4 Å². The van der Waals surface area contributed by atoms with Gasteiger partial charge in [0.1, 0.15) is 22.8 Å². The van der Waals surface area contributed by atoms with Crippen LogP contribution in [-0.2, 0) is 13.2 Å². The number of aromatic nitrogens is 3. The molecule has 0 saturated heterocycles. The van der Waals surface area contributed by atoms with Gasteiger partial charge in [-0.2, -0.15) is 0 Å². The number of aliphatic hydroxyl groups is 1. The first kappa shape index (κ1) is 16.3. The van der Waals surface area contributed by atoms with Crippen LogP contribution in [0.5, 0.6) is 11.5 Å². The largest absolute Gasteiger partial charge is 0.535 e. The van der Waals surface area contributed by atoms with E-state index in [-0.39, 0.29) is 35.9 Å². The summed E-state index contributed by atoms with van der Waals surface area (Å²) in [6.07, 6.45) is 1.88. The van der Waals surface area contributed by atoms with Gasteiger partial charge in [-0.25, -0.2) is 4.79 Å². The molecule has 1 aromatic heterocycles. The van der Waals surface area contributed by atoms with E-state index in [1.807, 2.05) is 0 Å². The highest BCUT2D eigenvalue weighted by molar-refractivity contribution is 6.44. The highest BCUT2D eigenvalue weighted by Crippen LogP contribution is 2.42. The molecule has 126 valence electrons. The van der Waals surface area contributed by atoms with E-state index < -0.39 is 13.1 Å². The van der Waals surface area contributed by atoms with Gasteiger partial charge in [0, 0.05) is 18.8 Å². The number of carbonyl (C=O) groups is 1. The standard InChI is InChI=1S/C14H16BN3O6/c1-23-11-3-2-10-8(5-18-6-9(7-19)16-17-18)4-15(22)24-13(10)12(11)14(20)21/h2-3,6,8,19,22H,4-5,7H2,1H3,(H,20,21). The first-order chi connectivity index (χ1) is 11.5. The lowest BCUT2D eigenvalue weighted by Crippen LogP contribution is -2.32. The molecular formula is C14H16BN3O6. The molecule has 9 nitrogen and oxygen atoms in total. The fourth-order valence-corrected chi connectivity index (χ4v) is 2.86. The molecule has 0 radical (unpaired) electrons. The number of fused-ring (bicyclic) bond motifs is 1. The summed E-state index contributed by atoms with van der Waals surface area (Å²) < 4.78 is 12.0. The Labute approximate surface area is 137 Å². The molecular weight excluding hydrogens is 317 g/mol. The van der Waals surface area contributed by atoms with Crippen LogP contribution in [-0.4, -0.2) is 50.4 Å². The van der Waals surface area contributed by atoms with Gasteiger partial charge in [-0.15, -0.1) is 5.10 Å². The molecule has 2 heterocycles. The van der Waals surface area contributed by atoms with Crippen molar-refractivity contribution in [1.29, 1.82) is 0 Å². The lowest BCUT2D eigenvalue weighted by molar-refractivity contribution is 0.0690. The number of aliphatic hydroxyl groups excluding tert-OH is 1. The number of methoxy groups -OCH3 is 1. The van der Waals surface area contributed by atoms with Crippen LogP contribution in [0.4, 0.5) is 0 Å². The summed E-state index contributed by atoms with van der Waals surface area (Å²) in [5, 5.41) is 36.2. The Hall–Kier alpha value is -2.59. The Bertz CT molecular complexity index is 765. The molecule has 1 unspecified atom stereocenters. The summed E-state index contributed by atoms with van der Waals surface area (Å²) in [7, 11) is 0.241. The Morgan fingerprint density at radius 1 is 1.54 bits per heavy atom. The zero-order valence-electron chi connectivity index (χ0n) is 12.9. The van der Waals surface area contributed by atoms with Crippen molar-refractivity contribution >= 4 is 13.1 Å². The lowest BCUT2D eigenvalue weighted by Gasteiger charge is -2.29. The van der Waals surface area contributed by atoms with Crippen molar-refractivity contribution in [3.8, 4) is 11.5 Å². The third-order valence-electron chi connectivity index (χ3n) is 3.92. The Kier molecular flexibility index (Phi) is 4.41. The summed E-state index contributed by atoms with van der Waals surface area (Å²) in [4.78, 5) is 11.6. The van der Waals surface area contributed by atoms with Crippen molar-refractivity contribution in [3.05, 3.63) is 35.2 Å². The predicted octanol–water partition coefficient (Wildman–Crippen LogP) is 0.134. The molecule has 24 heavy (non-hydrogen) atoms. The lowest BCUT2D eigenvalue weighted by atomic mass is 9.71. The number of hydrogen-bond acceptors (Lipinski definition) is 7. The average Bonchev–Trinajstić information content (AvgIpc) is 3.00. The maximum absolute atomic E-state index is 11.6. The van der Waals surface area contributed by atoms with Crippen LogP contribution in [0, 0.1) is 0 Å². The number of hydrogen-bond donors (Lipinski definition) is 3. The number of carboxylic acids is 1. The maximum atomic E-state index is 11.6. The van der Waals surface area contributed by atoms with Gasteiger partial charge in [-0.1, -0.05) is 11.3 Å². The second kappa shape index (κ2) is 6.50. The van der Waals surface area contributed by atoms with Gasteiger partial charge in [0.15, 0.2) is 0 Å². The molecule has 10 heteroatoms. The highest BCUT2D eigenvalue weighted by Gasteiger charge is 2.36. The maximum Gasteiger partial charge on any atom is 0.523 e. The van der Waals surface area contributed by atoms with E-state index in [0.29, 0.717) is 17.8 Å². The van der Waals surface area contributed by atoms with E-state index in [4.69, 9.17) is 14.5 Å². The topological polar surface area (TPSA) is 127 Å². The van der Waals surface area contributed by atoms with E-state index in [1.54, 1.807) is 23.0 Å². The molecule has 0 amide bonds. The van der Waals surface area contributed by atoms with Crippen molar-refractivity contribution < 1.29 is 29.4 Å². The van der Waals surface area contributed by atoms with Gasteiger partial charge in [-0.05, 0) is 11.6 Å². The molecule has 3 rings (SSSR count). The smallest absolute Gasteiger partial charge is 0.523 e. The summed E-state index contributed by atoms with van der Waals surface area (Å²) in [5.41, 5.74) is 0.969. The Balaban J connectivity index is 2.00. The molecule has 1 atom stereocenters. The van der Waals surface area contributed by atoms with E-state index >= 15 is 0 Å². The number of aromatic carboxylic acids is 1. The number of benzene rings is 1. The van der Waals surface area contributed by atoms with Gasteiger partial charge in [-0.3, -0.25) is 4.68 Å². The molecule has 1 aliphatic rings. The third kappa shape index (κ3) is 2.93. The zero-order valence-corrected chi connectivity index (χ0v) is 12.9. The first-order valence-electron chi connectivity index (χ1n) is 7.32. The Morgan fingerprint density at radius 3 is 2.96 bits per heavy atom. The molecule has 2 aromatic rings. The fraction of sp³-hybridized carbons (Fsp3) is 0.357. The van der Waals surface area contributed by atoms with Crippen molar-refractivity contribution in [2.75, 3.05) is 7.11 Å². The normalized spacial score (nSPS) is 16.5. The minimum Gasteiger partial charge on any atom is -0.535 e. The van der Waals surface area contributed by atoms with Crippen LogP contribution >= 0.6 is 0 Å². The van der Waals surface area contributed by atoms with Crippen molar-refractivity contribution in [1.82, 2.24) is 15.0 Å². The number of nitrogens with zero attached hydrogens (tertiary/aromatic N) is 3. The second-order valence-electron chi connectivity index (χ2n) is 5.46. The second-order valence-corrected chi connectivity index (χ2v) is 5.46. The molecule has 0 bridgehead atoms. The summed E-state index contributed by atoms with van der Waals surface area (Å²) in [6, 6.07) is 3.29. The van der Waals surface area contributed by atoms with E-state index in [1.165, 1.54) is 7.11 Å². The average molecular weight is 333 g/mol. The van der Waals surface area contributed by atoms with Crippen LogP contribution in [0.15, 0.2) is 18.3 Å². The van der Waals surface area contributed by atoms with Crippen LogP contribution in [0.25, 0.3) is 0 Å². The molecule has 3 N–H and O–H groups in total. The predicted molar refractivity (Wildman–Crippen MR) is 82.0 cm³/mol. The van der Waals surface area contributed by atoms with E-state index in [0.717, 1.165) is 0 Å². The summed E-state index contributed by atoms with van der Waals surface area (Å²) >= 11 is 0. The first-order valence-corrected chi connectivity index (χ1v) is 7.32.